The number of thioether (sulfide) groups is 1. The van der Waals surface area contributed by atoms with Gasteiger partial charge in [0, 0.05) is 24.4 Å². The van der Waals surface area contributed by atoms with Crippen LogP contribution in [0.1, 0.15) is 50.5 Å². The fourth-order valence-electron chi connectivity index (χ4n) is 3.80. The van der Waals surface area contributed by atoms with Crippen molar-refractivity contribution in [1.82, 2.24) is 9.97 Å². The van der Waals surface area contributed by atoms with Gasteiger partial charge in [-0.2, -0.15) is 0 Å². The van der Waals surface area contributed by atoms with E-state index in [1.807, 2.05) is 0 Å². The molecule has 0 bridgehead atoms. The third-order valence-electron chi connectivity index (χ3n) is 5.81. The molecule has 0 aliphatic carbocycles. The first kappa shape index (κ1) is 17.6. The molecule has 6 heteroatoms. The van der Waals surface area contributed by atoms with E-state index >= 15 is 0 Å². The Hall–Kier alpha value is -0.850. The summed E-state index contributed by atoms with van der Waals surface area (Å²) in [4.78, 5) is 14.8. The maximum atomic E-state index is 6.17. The van der Waals surface area contributed by atoms with E-state index in [1.54, 1.807) is 23.1 Å². The first-order chi connectivity index (χ1) is 12.0. The maximum Gasteiger partial charge on any atom is 0.190 e. The molecular formula is C19H27N3OS2. The Kier molecular flexibility index (Phi) is 4.71. The fourth-order valence-corrected chi connectivity index (χ4v) is 5.32. The van der Waals surface area contributed by atoms with Crippen molar-refractivity contribution in [3.05, 3.63) is 10.4 Å². The first-order valence-electron chi connectivity index (χ1n) is 9.28. The zero-order valence-electron chi connectivity index (χ0n) is 15.6. The largest absolute Gasteiger partial charge is 0.369 e. The van der Waals surface area contributed by atoms with Crippen LogP contribution in [0.2, 0.25) is 0 Å². The minimum Gasteiger partial charge on any atom is -0.369 e. The number of rotatable bonds is 3. The van der Waals surface area contributed by atoms with Gasteiger partial charge in [-0.05, 0) is 43.9 Å². The zero-order valence-corrected chi connectivity index (χ0v) is 17.2. The predicted molar refractivity (Wildman–Crippen MR) is 107 cm³/mol. The first-order valence-corrected chi connectivity index (χ1v) is 11.3. The van der Waals surface area contributed by atoms with Crippen LogP contribution < -0.4 is 4.90 Å². The van der Waals surface area contributed by atoms with Gasteiger partial charge in [-0.25, -0.2) is 9.97 Å². The summed E-state index contributed by atoms with van der Waals surface area (Å²) in [6.07, 6.45) is 6.57. The SMILES string of the molecule is CCC1(C)Cc2c(sc3nc(SC)nc(N4CCC(C)CC4)c23)CO1. The molecule has 25 heavy (non-hydrogen) atoms. The molecule has 136 valence electrons. The van der Waals surface area contributed by atoms with Crippen LogP contribution in [0.15, 0.2) is 5.16 Å². The molecule has 1 saturated heterocycles. The van der Waals surface area contributed by atoms with Crippen LogP contribution in [0.4, 0.5) is 5.82 Å². The van der Waals surface area contributed by atoms with Gasteiger partial charge in [0.1, 0.15) is 10.6 Å². The zero-order chi connectivity index (χ0) is 17.6. The van der Waals surface area contributed by atoms with E-state index in [9.17, 15) is 0 Å². The van der Waals surface area contributed by atoms with E-state index in [1.165, 1.54) is 34.5 Å². The molecule has 2 aliphatic heterocycles. The molecule has 0 saturated carbocycles. The van der Waals surface area contributed by atoms with Gasteiger partial charge in [0.15, 0.2) is 5.16 Å². The number of piperidine rings is 1. The molecule has 4 nitrogen and oxygen atoms in total. The molecule has 4 heterocycles. The van der Waals surface area contributed by atoms with Gasteiger partial charge < -0.3 is 9.64 Å². The number of hydrogen-bond acceptors (Lipinski definition) is 6. The minimum absolute atomic E-state index is 0.0626. The fraction of sp³-hybridized carbons (Fsp3) is 0.684. The third kappa shape index (κ3) is 3.17. The molecule has 2 aromatic rings. The van der Waals surface area contributed by atoms with E-state index in [0.29, 0.717) is 6.61 Å². The van der Waals surface area contributed by atoms with Gasteiger partial charge in [-0.3, -0.25) is 0 Å². The van der Waals surface area contributed by atoms with Crippen LogP contribution >= 0.6 is 23.1 Å². The molecule has 1 unspecified atom stereocenters. The van der Waals surface area contributed by atoms with Crippen LogP contribution in [0, 0.1) is 5.92 Å². The Balaban J connectivity index is 1.84. The molecule has 2 aliphatic rings. The molecule has 0 aromatic carbocycles. The van der Waals surface area contributed by atoms with Crippen LogP contribution in [0.5, 0.6) is 0 Å². The molecule has 1 atom stereocenters. The monoisotopic (exact) mass is 377 g/mol. The molecule has 1 fully saturated rings. The van der Waals surface area contributed by atoms with Gasteiger partial charge in [0.25, 0.3) is 0 Å². The van der Waals surface area contributed by atoms with Crippen molar-refractivity contribution in [3.63, 3.8) is 0 Å². The van der Waals surface area contributed by atoms with Gasteiger partial charge in [0.05, 0.1) is 17.6 Å². The second-order valence-corrected chi connectivity index (χ2v) is 9.51. The number of thiophene rings is 1. The van der Waals surface area contributed by atoms with Crippen molar-refractivity contribution in [2.45, 2.75) is 63.8 Å². The summed E-state index contributed by atoms with van der Waals surface area (Å²) in [5.74, 6) is 1.99. The molecule has 0 N–H and O–H groups in total. The summed E-state index contributed by atoms with van der Waals surface area (Å²) in [7, 11) is 0. The molecule has 4 rings (SSSR count). The molecule has 0 radical (unpaired) electrons. The third-order valence-corrected chi connectivity index (χ3v) is 7.46. The average molecular weight is 378 g/mol. The van der Waals surface area contributed by atoms with E-state index in [2.05, 4.69) is 31.9 Å². The van der Waals surface area contributed by atoms with Crippen LogP contribution in [-0.4, -0.2) is 34.9 Å². The molecule has 0 amide bonds. The summed E-state index contributed by atoms with van der Waals surface area (Å²) in [5.41, 5.74) is 1.38. The van der Waals surface area contributed by atoms with Gasteiger partial charge >= 0.3 is 0 Å². The molecule has 0 spiro atoms. The van der Waals surface area contributed by atoms with Crippen molar-refractivity contribution < 1.29 is 4.74 Å². The average Bonchev–Trinajstić information content (AvgIpc) is 2.99. The second-order valence-electron chi connectivity index (χ2n) is 7.66. The molecular weight excluding hydrogens is 350 g/mol. The van der Waals surface area contributed by atoms with Crippen LogP contribution in [0.25, 0.3) is 10.2 Å². The summed E-state index contributed by atoms with van der Waals surface area (Å²) in [5, 5.41) is 2.19. The Labute approximate surface area is 158 Å². The Morgan fingerprint density at radius 2 is 2.08 bits per heavy atom. The van der Waals surface area contributed by atoms with Crippen molar-refractivity contribution in [1.29, 1.82) is 0 Å². The summed E-state index contributed by atoms with van der Waals surface area (Å²) >= 11 is 3.44. The van der Waals surface area contributed by atoms with Crippen LogP contribution in [-0.2, 0) is 17.8 Å². The quantitative estimate of drug-likeness (QED) is 0.562. The number of hydrogen-bond donors (Lipinski definition) is 0. The number of fused-ring (bicyclic) bond motifs is 3. The predicted octanol–water partition coefficient (Wildman–Crippen LogP) is 4.89. The van der Waals surface area contributed by atoms with E-state index < -0.39 is 0 Å². The number of ether oxygens (including phenoxy) is 1. The summed E-state index contributed by atoms with van der Waals surface area (Å²) < 4.78 is 6.17. The number of nitrogens with zero attached hydrogens (tertiary/aromatic N) is 3. The normalized spacial score (nSPS) is 24.7. The standard InChI is InChI=1S/C19H27N3OS2/c1-5-19(3)10-13-14(11-23-19)25-17-15(13)16(20-18(21-17)24-4)22-8-6-12(2)7-9-22/h12H,5-11H2,1-4H3. The van der Waals surface area contributed by atoms with E-state index in [0.717, 1.165) is 41.8 Å². The van der Waals surface area contributed by atoms with Crippen molar-refractivity contribution >= 4 is 39.1 Å². The van der Waals surface area contributed by atoms with Crippen LogP contribution in [0.3, 0.4) is 0 Å². The smallest absolute Gasteiger partial charge is 0.190 e. The number of anilines is 1. The topological polar surface area (TPSA) is 38.2 Å². The highest BCUT2D eigenvalue weighted by atomic mass is 32.2. The Bertz CT molecular complexity index is 783. The number of aromatic nitrogens is 2. The lowest BCUT2D eigenvalue weighted by Crippen LogP contribution is -2.35. The lowest BCUT2D eigenvalue weighted by Gasteiger charge is -2.34. The maximum absolute atomic E-state index is 6.17. The summed E-state index contributed by atoms with van der Waals surface area (Å²) in [6, 6.07) is 0. The van der Waals surface area contributed by atoms with Gasteiger partial charge in [-0.1, -0.05) is 25.6 Å². The lowest BCUT2D eigenvalue weighted by atomic mass is 9.90. The van der Waals surface area contributed by atoms with Crippen molar-refractivity contribution in [3.8, 4) is 0 Å². The lowest BCUT2D eigenvalue weighted by molar-refractivity contribution is -0.0543. The van der Waals surface area contributed by atoms with E-state index in [-0.39, 0.29) is 5.60 Å². The highest BCUT2D eigenvalue weighted by molar-refractivity contribution is 7.98. The Morgan fingerprint density at radius 1 is 1.32 bits per heavy atom. The highest BCUT2D eigenvalue weighted by Crippen LogP contribution is 2.43. The van der Waals surface area contributed by atoms with Gasteiger partial charge in [-0.15, -0.1) is 11.3 Å². The summed E-state index contributed by atoms with van der Waals surface area (Å²) in [6.45, 7) is 9.73. The second kappa shape index (κ2) is 6.71. The molecule has 2 aromatic heterocycles. The minimum atomic E-state index is -0.0626. The van der Waals surface area contributed by atoms with E-state index in [4.69, 9.17) is 14.7 Å². The highest BCUT2D eigenvalue weighted by Gasteiger charge is 2.34. The van der Waals surface area contributed by atoms with Gasteiger partial charge in [0.2, 0.25) is 0 Å². The Morgan fingerprint density at radius 3 is 2.76 bits per heavy atom. The van der Waals surface area contributed by atoms with Crippen molar-refractivity contribution in [2.24, 2.45) is 5.92 Å². The van der Waals surface area contributed by atoms with Crippen molar-refractivity contribution in [2.75, 3.05) is 24.2 Å².